The van der Waals surface area contributed by atoms with Crippen LogP contribution in [0, 0.1) is 0 Å². The van der Waals surface area contributed by atoms with Gasteiger partial charge in [-0.3, -0.25) is 9.59 Å². The van der Waals surface area contributed by atoms with Crippen molar-refractivity contribution >= 4 is 17.2 Å². The number of carbonyl (C=O) groups excluding carboxylic acids is 1. The molecular weight excluding hydrogens is 326 g/mol. The maximum atomic E-state index is 12.4. The number of thiophene rings is 1. The number of rotatable bonds is 6. The SMILES string of the molecule is O=C(CCc1cccs1)N1CCO[C@H](CCc2cc(=O)[nH]cn2)C1. The molecule has 1 fully saturated rings. The van der Waals surface area contributed by atoms with Crippen molar-refractivity contribution in [1.82, 2.24) is 14.9 Å². The second-order valence-electron chi connectivity index (χ2n) is 5.85. The van der Waals surface area contributed by atoms with Crippen LogP contribution in [0.1, 0.15) is 23.4 Å². The fraction of sp³-hybridized carbons (Fsp3) is 0.471. The van der Waals surface area contributed by atoms with E-state index >= 15 is 0 Å². The summed E-state index contributed by atoms with van der Waals surface area (Å²) in [6.45, 7) is 1.84. The van der Waals surface area contributed by atoms with Crippen molar-refractivity contribution in [2.24, 2.45) is 0 Å². The maximum absolute atomic E-state index is 12.4. The molecule has 0 saturated carbocycles. The lowest BCUT2D eigenvalue weighted by Gasteiger charge is -2.33. The highest BCUT2D eigenvalue weighted by atomic mass is 32.1. The first-order valence-corrected chi connectivity index (χ1v) is 9.04. The summed E-state index contributed by atoms with van der Waals surface area (Å²) >= 11 is 1.69. The molecule has 3 rings (SSSR count). The summed E-state index contributed by atoms with van der Waals surface area (Å²) in [6, 6.07) is 5.58. The topological polar surface area (TPSA) is 75.3 Å². The summed E-state index contributed by atoms with van der Waals surface area (Å²) in [4.78, 5) is 33.4. The number of H-pyrrole nitrogens is 1. The Hall–Kier alpha value is -1.99. The third-order valence-corrected chi connectivity index (χ3v) is 5.05. The molecule has 1 aliphatic heterocycles. The molecule has 0 aliphatic carbocycles. The minimum absolute atomic E-state index is 0.00512. The predicted molar refractivity (Wildman–Crippen MR) is 92.1 cm³/mol. The molecule has 0 aromatic carbocycles. The van der Waals surface area contributed by atoms with Crippen molar-refractivity contribution in [2.75, 3.05) is 19.7 Å². The molecule has 1 atom stereocenters. The zero-order valence-electron chi connectivity index (χ0n) is 13.4. The lowest BCUT2D eigenvalue weighted by molar-refractivity contribution is -0.138. The van der Waals surface area contributed by atoms with E-state index in [2.05, 4.69) is 16.0 Å². The standard InChI is InChI=1S/C17H21N3O3S/c21-16-10-13(18-12-19-16)3-4-14-11-20(7-8-23-14)17(22)6-5-15-2-1-9-24-15/h1-2,9-10,12,14H,3-8,11H2,(H,18,19,21)/t14-/m1/s1. The van der Waals surface area contributed by atoms with Crippen LogP contribution in [0.15, 0.2) is 34.7 Å². The van der Waals surface area contributed by atoms with E-state index in [4.69, 9.17) is 4.74 Å². The first-order chi connectivity index (χ1) is 11.7. The number of morpholine rings is 1. The molecular formula is C17H21N3O3S. The Kier molecular flexibility index (Phi) is 5.77. The van der Waals surface area contributed by atoms with Crippen LogP contribution in [-0.4, -0.2) is 46.6 Å². The summed E-state index contributed by atoms with van der Waals surface area (Å²) in [6.07, 6.45) is 4.19. The molecule has 0 spiro atoms. The molecule has 128 valence electrons. The molecule has 0 bridgehead atoms. The van der Waals surface area contributed by atoms with E-state index in [0.29, 0.717) is 32.5 Å². The van der Waals surface area contributed by atoms with Gasteiger partial charge in [0.1, 0.15) is 0 Å². The Morgan fingerprint density at radius 3 is 3.17 bits per heavy atom. The lowest BCUT2D eigenvalue weighted by atomic mass is 10.1. The average molecular weight is 347 g/mol. The van der Waals surface area contributed by atoms with Crippen LogP contribution in [0.4, 0.5) is 0 Å². The molecule has 1 saturated heterocycles. The molecule has 1 aliphatic rings. The van der Waals surface area contributed by atoms with E-state index in [1.807, 2.05) is 16.3 Å². The van der Waals surface area contributed by atoms with Crippen LogP contribution in [0.5, 0.6) is 0 Å². The van der Waals surface area contributed by atoms with Gasteiger partial charge in [0.05, 0.1) is 19.0 Å². The van der Waals surface area contributed by atoms with E-state index in [9.17, 15) is 9.59 Å². The van der Waals surface area contributed by atoms with E-state index in [1.165, 1.54) is 17.3 Å². The summed E-state index contributed by atoms with van der Waals surface area (Å²) in [5.41, 5.74) is 0.610. The van der Waals surface area contributed by atoms with Gasteiger partial charge in [0, 0.05) is 36.1 Å². The fourth-order valence-corrected chi connectivity index (χ4v) is 3.53. The van der Waals surface area contributed by atoms with Gasteiger partial charge in [-0.1, -0.05) is 6.07 Å². The van der Waals surface area contributed by atoms with Gasteiger partial charge in [0.2, 0.25) is 5.91 Å². The number of nitrogens with zero attached hydrogens (tertiary/aromatic N) is 2. The summed E-state index contributed by atoms with van der Waals surface area (Å²) < 4.78 is 5.76. The summed E-state index contributed by atoms with van der Waals surface area (Å²) in [7, 11) is 0. The Labute approximate surface area is 144 Å². The fourth-order valence-electron chi connectivity index (χ4n) is 2.82. The zero-order chi connectivity index (χ0) is 16.8. The van der Waals surface area contributed by atoms with E-state index < -0.39 is 0 Å². The molecule has 1 amide bonds. The van der Waals surface area contributed by atoms with E-state index in [0.717, 1.165) is 18.5 Å². The number of hydrogen-bond acceptors (Lipinski definition) is 5. The average Bonchev–Trinajstić information content (AvgIpc) is 3.12. The zero-order valence-corrected chi connectivity index (χ0v) is 14.3. The maximum Gasteiger partial charge on any atom is 0.250 e. The van der Waals surface area contributed by atoms with Gasteiger partial charge in [-0.05, 0) is 30.7 Å². The van der Waals surface area contributed by atoms with Gasteiger partial charge in [-0.15, -0.1) is 11.3 Å². The highest BCUT2D eigenvalue weighted by Crippen LogP contribution is 2.15. The normalized spacial score (nSPS) is 17.8. The highest BCUT2D eigenvalue weighted by Gasteiger charge is 2.24. The molecule has 3 heterocycles. The smallest absolute Gasteiger partial charge is 0.250 e. The molecule has 24 heavy (non-hydrogen) atoms. The number of aromatic nitrogens is 2. The second-order valence-corrected chi connectivity index (χ2v) is 6.89. The van der Waals surface area contributed by atoms with Gasteiger partial charge in [0.15, 0.2) is 0 Å². The number of hydrogen-bond donors (Lipinski definition) is 1. The first kappa shape index (κ1) is 16.9. The van der Waals surface area contributed by atoms with Crippen LogP contribution < -0.4 is 5.56 Å². The van der Waals surface area contributed by atoms with Crippen molar-refractivity contribution < 1.29 is 9.53 Å². The number of aryl methyl sites for hydroxylation is 2. The first-order valence-electron chi connectivity index (χ1n) is 8.16. The molecule has 6 nitrogen and oxygen atoms in total. The van der Waals surface area contributed by atoms with Crippen LogP contribution in [0.25, 0.3) is 0 Å². The van der Waals surface area contributed by atoms with Gasteiger partial charge >= 0.3 is 0 Å². The Morgan fingerprint density at radius 1 is 1.46 bits per heavy atom. The van der Waals surface area contributed by atoms with E-state index in [1.54, 1.807) is 11.3 Å². The van der Waals surface area contributed by atoms with Crippen molar-refractivity contribution in [3.8, 4) is 0 Å². The highest BCUT2D eigenvalue weighted by molar-refractivity contribution is 7.09. The van der Waals surface area contributed by atoms with Crippen molar-refractivity contribution in [3.05, 3.63) is 50.8 Å². The Bertz CT molecular complexity index is 714. The molecule has 7 heteroatoms. The largest absolute Gasteiger partial charge is 0.375 e. The second kappa shape index (κ2) is 8.21. The molecule has 1 N–H and O–H groups in total. The molecule has 2 aromatic rings. The summed E-state index contributed by atoms with van der Waals surface area (Å²) in [5.74, 6) is 0.186. The van der Waals surface area contributed by atoms with Crippen molar-refractivity contribution in [3.63, 3.8) is 0 Å². The van der Waals surface area contributed by atoms with Gasteiger partial charge in [-0.2, -0.15) is 0 Å². The van der Waals surface area contributed by atoms with Crippen molar-refractivity contribution in [2.45, 2.75) is 31.8 Å². The Balaban J connectivity index is 1.46. The number of ether oxygens (including phenoxy) is 1. The van der Waals surface area contributed by atoms with Gasteiger partial charge < -0.3 is 14.6 Å². The van der Waals surface area contributed by atoms with Crippen LogP contribution in [0.3, 0.4) is 0 Å². The van der Waals surface area contributed by atoms with Gasteiger partial charge in [-0.25, -0.2) is 4.98 Å². The monoisotopic (exact) mass is 347 g/mol. The molecule has 0 unspecified atom stereocenters. The van der Waals surface area contributed by atoms with Gasteiger partial charge in [0.25, 0.3) is 5.56 Å². The van der Waals surface area contributed by atoms with E-state index in [-0.39, 0.29) is 17.6 Å². The van der Waals surface area contributed by atoms with Crippen molar-refractivity contribution in [1.29, 1.82) is 0 Å². The predicted octanol–water partition coefficient (Wildman–Crippen LogP) is 1.62. The summed E-state index contributed by atoms with van der Waals surface area (Å²) in [5, 5.41) is 2.03. The van der Waals surface area contributed by atoms with Crippen LogP contribution in [-0.2, 0) is 22.4 Å². The van der Waals surface area contributed by atoms with Crippen LogP contribution in [0.2, 0.25) is 0 Å². The molecule has 0 radical (unpaired) electrons. The molecule has 2 aromatic heterocycles. The number of aromatic amines is 1. The minimum atomic E-state index is -0.144. The number of nitrogens with one attached hydrogen (secondary N) is 1. The Morgan fingerprint density at radius 2 is 2.38 bits per heavy atom. The van der Waals surface area contributed by atoms with Crippen LogP contribution >= 0.6 is 11.3 Å². The third kappa shape index (κ3) is 4.75. The number of amides is 1. The quantitative estimate of drug-likeness (QED) is 0.862. The lowest BCUT2D eigenvalue weighted by Crippen LogP contribution is -2.45. The minimum Gasteiger partial charge on any atom is -0.375 e. The number of carbonyl (C=O) groups is 1. The third-order valence-electron chi connectivity index (χ3n) is 4.11.